The van der Waals surface area contributed by atoms with Crippen LogP contribution in [0.4, 0.5) is 0 Å². The average Bonchev–Trinajstić information content (AvgIpc) is 3.15. The van der Waals surface area contributed by atoms with E-state index in [0.717, 1.165) is 39.9 Å². The summed E-state index contributed by atoms with van der Waals surface area (Å²) in [4.78, 5) is 19.1. The van der Waals surface area contributed by atoms with E-state index in [0.29, 0.717) is 12.1 Å². The van der Waals surface area contributed by atoms with Gasteiger partial charge in [-0.05, 0) is 59.5 Å². The van der Waals surface area contributed by atoms with Crippen LogP contribution in [0, 0.1) is 5.92 Å². The molecule has 48 heavy (non-hydrogen) atoms. The molecular formula is C41H43N3O4. The molecule has 0 unspecified atom stereocenters. The van der Waals surface area contributed by atoms with Crippen molar-refractivity contribution in [3.8, 4) is 11.1 Å². The zero-order valence-corrected chi connectivity index (χ0v) is 27.7. The number of carbonyl (C=O) groups excluding carboxylic acids is 1. The van der Waals surface area contributed by atoms with Crippen LogP contribution in [0.2, 0.25) is 0 Å². The van der Waals surface area contributed by atoms with E-state index < -0.39 is 6.29 Å². The lowest BCUT2D eigenvalue weighted by atomic mass is 9.89. The number of amides is 1. The number of pyridine rings is 1. The van der Waals surface area contributed by atoms with E-state index in [2.05, 4.69) is 103 Å². The zero-order valence-electron chi connectivity index (χ0n) is 27.7. The molecular weight excluding hydrogens is 598 g/mol. The molecule has 7 heteroatoms. The Morgan fingerprint density at radius 2 is 1.58 bits per heavy atom. The van der Waals surface area contributed by atoms with Crippen LogP contribution in [-0.2, 0) is 22.6 Å². The van der Waals surface area contributed by atoms with E-state index in [4.69, 9.17) is 9.47 Å². The number of ether oxygens (including phenoxy) is 2. The van der Waals surface area contributed by atoms with Crippen molar-refractivity contribution >= 4 is 5.91 Å². The number of hydrogen-bond acceptors (Lipinski definition) is 6. The molecule has 0 saturated carbocycles. The molecule has 1 fully saturated rings. The Morgan fingerprint density at radius 1 is 0.875 bits per heavy atom. The molecule has 1 aliphatic heterocycles. The summed E-state index contributed by atoms with van der Waals surface area (Å²) in [5, 5.41) is 12.6. The first-order chi connectivity index (χ1) is 23.4. The van der Waals surface area contributed by atoms with Gasteiger partial charge in [-0.3, -0.25) is 14.7 Å². The molecule has 246 valence electrons. The van der Waals surface area contributed by atoms with E-state index in [9.17, 15) is 9.90 Å². The first-order valence-corrected chi connectivity index (χ1v) is 16.5. The lowest BCUT2D eigenvalue weighted by Crippen LogP contribution is -2.44. The zero-order chi connectivity index (χ0) is 33.5. The Bertz CT molecular complexity index is 1760. The van der Waals surface area contributed by atoms with Crippen molar-refractivity contribution in [2.75, 3.05) is 13.6 Å². The van der Waals surface area contributed by atoms with Gasteiger partial charge in [-0.2, -0.15) is 0 Å². The first kappa shape index (κ1) is 33.2. The molecule has 6 rings (SSSR count). The van der Waals surface area contributed by atoms with Crippen molar-refractivity contribution in [3.63, 3.8) is 0 Å². The van der Waals surface area contributed by atoms with E-state index in [-0.39, 0.29) is 36.7 Å². The summed E-state index contributed by atoms with van der Waals surface area (Å²) < 4.78 is 13.5. The standard InChI is InChI=1S/C41H43N3O4/c1-28-38(26-44(3)29(2)31-10-5-4-6-11-31)47-41(48-39(28)33-17-15-30(27-45)16-18-33)34-21-19-32(20-22-34)37-14-8-7-12-35(37)25-43-40(46)36-13-9-23-42-24-36/h4-24,28-29,38-39,41,45H,25-27H2,1-3H3,(H,43,46)/t28-,29+,38+,39+,41+/m1/s1. The molecule has 4 aromatic carbocycles. The second kappa shape index (κ2) is 15.5. The number of aliphatic hydroxyl groups is 1. The highest BCUT2D eigenvalue weighted by atomic mass is 16.7. The summed E-state index contributed by atoms with van der Waals surface area (Å²) >= 11 is 0. The van der Waals surface area contributed by atoms with Gasteiger partial charge >= 0.3 is 0 Å². The second-order valence-electron chi connectivity index (χ2n) is 12.6. The van der Waals surface area contributed by atoms with Gasteiger partial charge in [-0.25, -0.2) is 0 Å². The summed E-state index contributed by atoms with van der Waals surface area (Å²) in [5.41, 5.74) is 7.77. The number of nitrogens with one attached hydrogen (secondary N) is 1. The summed E-state index contributed by atoms with van der Waals surface area (Å²) in [7, 11) is 2.15. The highest BCUT2D eigenvalue weighted by Gasteiger charge is 2.39. The van der Waals surface area contributed by atoms with Crippen LogP contribution >= 0.6 is 0 Å². The molecule has 0 radical (unpaired) electrons. The highest BCUT2D eigenvalue weighted by molar-refractivity contribution is 5.93. The van der Waals surface area contributed by atoms with Crippen LogP contribution in [0.25, 0.3) is 11.1 Å². The third kappa shape index (κ3) is 7.72. The summed E-state index contributed by atoms with van der Waals surface area (Å²) in [6.07, 6.45) is 2.38. The van der Waals surface area contributed by atoms with Crippen molar-refractivity contribution in [2.45, 2.75) is 51.5 Å². The van der Waals surface area contributed by atoms with Crippen molar-refractivity contribution in [1.82, 2.24) is 15.2 Å². The van der Waals surface area contributed by atoms with Crippen molar-refractivity contribution in [3.05, 3.63) is 161 Å². The van der Waals surface area contributed by atoms with Crippen molar-refractivity contribution < 1.29 is 19.4 Å². The van der Waals surface area contributed by atoms with Gasteiger partial charge in [0, 0.05) is 43.0 Å². The quantitative estimate of drug-likeness (QED) is 0.154. The summed E-state index contributed by atoms with van der Waals surface area (Å²) in [6, 6.07) is 38.7. The van der Waals surface area contributed by atoms with Gasteiger partial charge in [0.15, 0.2) is 6.29 Å². The SMILES string of the molecule is C[C@@H]1[C@H](CN(C)[C@@H](C)c2ccccc2)O[C@H](c2ccc(-c3ccccc3CNC(=O)c3cccnc3)cc2)O[C@@H]1c1ccc(CO)cc1. The van der Waals surface area contributed by atoms with Crippen LogP contribution in [0.15, 0.2) is 128 Å². The first-order valence-electron chi connectivity index (χ1n) is 16.5. The fourth-order valence-electron chi connectivity index (χ4n) is 6.31. The number of nitrogens with zero attached hydrogens (tertiary/aromatic N) is 2. The Morgan fingerprint density at radius 3 is 2.29 bits per heavy atom. The van der Waals surface area contributed by atoms with Crippen molar-refractivity contribution in [2.24, 2.45) is 5.92 Å². The number of benzene rings is 4. The fraction of sp³-hybridized carbons (Fsp3) is 0.268. The maximum Gasteiger partial charge on any atom is 0.253 e. The van der Waals surface area contributed by atoms with Crippen LogP contribution in [-0.4, -0.2) is 40.6 Å². The van der Waals surface area contributed by atoms with Crippen molar-refractivity contribution in [1.29, 1.82) is 0 Å². The maximum absolute atomic E-state index is 12.7. The molecule has 2 heterocycles. The lowest BCUT2D eigenvalue weighted by molar-refractivity contribution is -0.276. The summed E-state index contributed by atoms with van der Waals surface area (Å²) in [5.74, 6) is -0.0762. The van der Waals surface area contributed by atoms with Gasteiger partial charge in [-0.15, -0.1) is 0 Å². The lowest BCUT2D eigenvalue weighted by Gasteiger charge is -2.43. The predicted octanol–water partition coefficient (Wildman–Crippen LogP) is 7.66. The van der Waals surface area contributed by atoms with E-state index in [1.54, 1.807) is 24.5 Å². The normalized spacial score (nSPS) is 19.9. The molecule has 0 spiro atoms. The largest absolute Gasteiger partial charge is 0.392 e. The molecule has 2 N–H and O–H groups in total. The van der Waals surface area contributed by atoms with Crippen LogP contribution < -0.4 is 5.32 Å². The molecule has 7 nitrogen and oxygen atoms in total. The van der Waals surface area contributed by atoms with E-state index in [1.165, 1.54) is 5.56 Å². The highest BCUT2D eigenvalue weighted by Crippen LogP contribution is 2.42. The van der Waals surface area contributed by atoms with Gasteiger partial charge in [0.05, 0.1) is 24.4 Å². The molecule has 1 saturated heterocycles. The molecule has 0 bridgehead atoms. The van der Waals surface area contributed by atoms with Crippen LogP contribution in [0.5, 0.6) is 0 Å². The molecule has 0 aliphatic carbocycles. The second-order valence-corrected chi connectivity index (χ2v) is 12.6. The van der Waals surface area contributed by atoms with Gasteiger partial charge in [0.2, 0.25) is 0 Å². The fourth-order valence-corrected chi connectivity index (χ4v) is 6.31. The number of carbonyl (C=O) groups is 1. The minimum absolute atomic E-state index is 0.00421. The van der Waals surface area contributed by atoms with E-state index >= 15 is 0 Å². The maximum atomic E-state index is 12.7. The minimum Gasteiger partial charge on any atom is -0.392 e. The molecule has 1 amide bonds. The van der Waals surface area contributed by atoms with E-state index in [1.807, 2.05) is 36.4 Å². The van der Waals surface area contributed by atoms with Gasteiger partial charge in [0.1, 0.15) is 0 Å². The predicted molar refractivity (Wildman–Crippen MR) is 188 cm³/mol. The Balaban J connectivity index is 1.22. The third-order valence-electron chi connectivity index (χ3n) is 9.41. The summed E-state index contributed by atoms with van der Waals surface area (Å²) in [6.45, 7) is 5.55. The Labute approximate surface area is 283 Å². The van der Waals surface area contributed by atoms with Gasteiger partial charge < -0.3 is 19.9 Å². The Kier molecular flexibility index (Phi) is 10.7. The third-order valence-corrected chi connectivity index (χ3v) is 9.41. The van der Waals surface area contributed by atoms with Gasteiger partial charge in [-0.1, -0.05) is 110 Å². The van der Waals surface area contributed by atoms with Gasteiger partial charge in [0.25, 0.3) is 5.91 Å². The minimum atomic E-state index is -0.558. The monoisotopic (exact) mass is 641 g/mol. The average molecular weight is 642 g/mol. The number of aliphatic hydroxyl groups excluding tert-OH is 1. The van der Waals surface area contributed by atoms with Crippen LogP contribution in [0.3, 0.4) is 0 Å². The molecule has 1 aliphatic rings. The smallest absolute Gasteiger partial charge is 0.253 e. The molecule has 5 atom stereocenters. The molecule has 5 aromatic rings. The number of aromatic nitrogens is 1. The molecule has 1 aromatic heterocycles. The topological polar surface area (TPSA) is 83.9 Å². The number of rotatable bonds is 11. The van der Waals surface area contributed by atoms with Crippen LogP contribution in [0.1, 0.15) is 70.5 Å². The number of likely N-dealkylation sites (N-methyl/N-ethyl adjacent to an activating group) is 1. The number of hydrogen-bond donors (Lipinski definition) is 2. The Hall–Kier alpha value is -4.66.